The van der Waals surface area contributed by atoms with Gasteiger partial charge < -0.3 is 9.64 Å². The van der Waals surface area contributed by atoms with Gasteiger partial charge in [0.1, 0.15) is 5.60 Å². The number of carbonyl (C=O) groups is 1. The Hall–Kier alpha value is -1.17. The highest BCUT2D eigenvalue weighted by molar-refractivity contribution is 5.71. The van der Waals surface area contributed by atoms with Gasteiger partial charge in [-0.2, -0.15) is 0 Å². The summed E-state index contributed by atoms with van der Waals surface area (Å²) in [6, 6.07) is 0. The van der Waals surface area contributed by atoms with Crippen molar-refractivity contribution in [2.24, 2.45) is 5.92 Å². The second-order valence-electron chi connectivity index (χ2n) is 5.88. The van der Waals surface area contributed by atoms with Gasteiger partial charge in [-0.25, -0.2) is 4.79 Å². The van der Waals surface area contributed by atoms with E-state index in [-0.39, 0.29) is 11.6 Å². The van der Waals surface area contributed by atoms with Crippen molar-refractivity contribution in [2.45, 2.75) is 51.2 Å². The first-order valence-corrected chi connectivity index (χ1v) is 5.83. The van der Waals surface area contributed by atoms with Gasteiger partial charge in [-0.05, 0) is 40.0 Å². The summed E-state index contributed by atoms with van der Waals surface area (Å²) in [5, 5.41) is 0. The molecule has 0 unspecified atom stereocenters. The number of hydrogen-bond acceptors (Lipinski definition) is 2. The topological polar surface area (TPSA) is 29.5 Å². The van der Waals surface area contributed by atoms with E-state index in [0.717, 1.165) is 25.8 Å². The van der Waals surface area contributed by atoms with Crippen molar-refractivity contribution in [3.05, 3.63) is 0 Å². The van der Waals surface area contributed by atoms with Crippen LogP contribution in [0.15, 0.2) is 0 Å². The zero-order chi connectivity index (χ0) is 12.0. The maximum Gasteiger partial charge on any atom is 0.410 e. The van der Waals surface area contributed by atoms with Crippen LogP contribution in [-0.2, 0) is 4.74 Å². The average Bonchev–Trinajstić information content (AvgIpc) is 1.96. The molecular formula is C13H19NO2. The van der Waals surface area contributed by atoms with E-state index in [9.17, 15) is 4.79 Å². The van der Waals surface area contributed by atoms with Crippen LogP contribution in [0, 0.1) is 18.3 Å². The molecule has 1 heterocycles. The summed E-state index contributed by atoms with van der Waals surface area (Å²) in [5.74, 6) is 3.11. The number of rotatable bonds is 0. The van der Waals surface area contributed by atoms with Crippen molar-refractivity contribution in [1.29, 1.82) is 0 Å². The molecule has 0 aromatic heterocycles. The summed E-state index contributed by atoms with van der Waals surface area (Å²) in [5.41, 5.74) is -0.373. The van der Waals surface area contributed by atoms with Gasteiger partial charge in [-0.15, -0.1) is 12.3 Å². The molecular weight excluding hydrogens is 202 g/mol. The third kappa shape index (κ3) is 1.77. The smallest absolute Gasteiger partial charge is 0.410 e. The third-order valence-corrected chi connectivity index (χ3v) is 3.48. The molecule has 0 N–H and O–H groups in total. The second kappa shape index (κ2) is 3.41. The molecule has 2 fully saturated rings. The van der Waals surface area contributed by atoms with Crippen LogP contribution < -0.4 is 0 Å². The van der Waals surface area contributed by atoms with Crippen molar-refractivity contribution in [3.8, 4) is 12.3 Å². The number of likely N-dealkylation sites (tertiary alicyclic amines) is 1. The molecule has 3 heteroatoms. The molecule has 1 saturated heterocycles. The molecule has 0 aromatic rings. The molecule has 0 atom stereocenters. The molecule has 1 saturated carbocycles. The normalized spacial score (nSPS) is 32.6. The summed E-state index contributed by atoms with van der Waals surface area (Å²) >= 11 is 0. The fourth-order valence-electron chi connectivity index (χ4n) is 2.54. The molecule has 3 nitrogen and oxygen atoms in total. The van der Waals surface area contributed by atoms with Crippen LogP contribution in [0.2, 0.25) is 0 Å². The Morgan fingerprint density at radius 1 is 1.50 bits per heavy atom. The summed E-state index contributed by atoms with van der Waals surface area (Å²) in [7, 11) is 0. The highest BCUT2D eigenvalue weighted by Crippen LogP contribution is 2.50. The third-order valence-electron chi connectivity index (χ3n) is 3.48. The maximum atomic E-state index is 11.9. The lowest BCUT2D eigenvalue weighted by molar-refractivity contribution is -0.0923. The Morgan fingerprint density at radius 2 is 2.12 bits per heavy atom. The number of amides is 1. The van der Waals surface area contributed by atoms with Crippen LogP contribution >= 0.6 is 0 Å². The lowest BCUT2D eigenvalue weighted by Crippen LogP contribution is -2.68. The van der Waals surface area contributed by atoms with Crippen LogP contribution in [0.5, 0.6) is 0 Å². The van der Waals surface area contributed by atoms with Gasteiger partial charge in [-0.3, -0.25) is 0 Å². The SMILES string of the molecule is C#CC1CC2(CCN2C(=O)OC(C)(C)C)C1. The van der Waals surface area contributed by atoms with E-state index in [0.29, 0.717) is 5.92 Å². The van der Waals surface area contributed by atoms with Crippen LogP contribution in [-0.4, -0.2) is 28.7 Å². The highest BCUT2D eigenvalue weighted by atomic mass is 16.6. The Bertz CT molecular complexity index is 342. The van der Waals surface area contributed by atoms with Gasteiger partial charge in [0.05, 0.1) is 5.54 Å². The minimum absolute atomic E-state index is 0.0410. The van der Waals surface area contributed by atoms with E-state index >= 15 is 0 Å². The molecule has 16 heavy (non-hydrogen) atoms. The number of nitrogens with zero attached hydrogens (tertiary/aromatic N) is 1. The Balaban J connectivity index is 1.93. The number of terminal acetylenes is 1. The molecule has 1 amide bonds. The zero-order valence-corrected chi connectivity index (χ0v) is 10.2. The minimum atomic E-state index is -0.414. The predicted octanol–water partition coefficient (Wildman–Crippen LogP) is 2.41. The first-order valence-electron chi connectivity index (χ1n) is 5.83. The predicted molar refractivity (Wildman–Crippen MR) is 61.8 cm³/mol. The van der Waals surface area contributed by atoms with Gasteiger partial charge in [-0.1, -0.05) is 0 Å². The standard InChI is InChI=1S/C13H19NO2/c1-5-10-8-13(9-10)6-7-14(13)11(15)16-12(2,3)4/h1,10H,6-9H2,2-4H3. The van der Waals surface area contributed by atoms with Crippen LogP contribution in [0.25, 0.3) is 0 Å². The molecule has 1 aliphatic heterocycles. The van der Waals surface area contributed by atoms with Gasteiger partial charge in [0.25, 0.3) is 0 Å². The molecule has 1 spiro atoms. The Labute approximate surface area is 97.1 Å². The Kier molecular flexibility index (Phi) is 2.41. The molecule has 1 aliphatic carbocycles. The first kappa shape index (κ1) is 11.3. The maximum absolute atomic E-state index is 11.9. The van der Waals surface area contributed by atoms with Crippen LogP contribution in [0.1, 0.15) is 40.0 Å². The quantitative estimate of drug-likeness (QED) is 0.588. The Morgan fingerprint density at radius 3 is 2.50 bits per heavy atom. The number of ether oxygens (including phenoxy) is 1. The van der Waals surface area contributed by atoms with Crippen molar-refractivity contribution < 1.29 is 9.53 Å². The second-order valence-corrected chi connectivity index (χ2v) is 5.88. The van der Waals surface area contributed by atoms with Crippen LogP contribution in [0.3, 0.4) is 0 Å². The fourth-order valence-corrected chi connectivity index (χ4v) is 2.54. The summed E-state index contributed by atoms with van der Waals surface area (Å²) in [4.78, 5) is 13.7. The summed E-state index contributed by atoms with van der Waals surface area (Å²) in [6.07, 6.45) is 8.15. The average molecular weight is 221 g/mol. The van der Waals surface area contributed by atoms with E-state index in [2.05, 4.69) is 5.92 Å². The van der Waals surface area contributed by atoms with E-state index in [4.69, 9.17) is 11.2 Å². The van der Waals surface area contributed by atoms with Gasteiger partial charge in [0, 0.05) is 12.5 Å². The van der Waals surface area contributed by atoms with Gasteiger partial charge in [0.2, 0.25) is 0 Å². The van der Waals surface area contributed by atoms with Crippen molar-refractivity contribution >= 4 is 6.09 Å². The number of hydrogen-bond donors (Lipinski definition) is 0. The fraction of sp³-hybridized carbons (Fsp3) is 0.769. The minimum Gasteiger partial charge on any atom is -0.444 e. The van der Waals surface area contributed by atoms with Crippen molar-refractivity contribution in [3.63, 3.8) is 0 Å². The van der Waals surface area contributed by atoms with Crippen LogP contribution in [0.4, 0.5) is 4.79 Å². The van der Waals surface area contributed by atoms with Crippen molar-refractivity contribution in [2.75, 3.05) is 6.54 Å². The lowest BCUT2D eigenvalue weighted by atomic mass is 9.62. The summed E-state index contributed by atoms with van der Waals surface area (Å²) in [6.45, 7) is 6.49. The largest absolute Gasteiger partial charge is 0.444 e. The van der Waals surface area contributed by atoms with Crippen molar-refractivity contribution in [1.82, 2.24) is 4.90 Å². The van der Waals surface area contributed by atoms with E-state index in [1.165, 1.54) is 0 Å². The van der Waals surface area contributed by atoms with E-state index in [1.54, 1.807) is 0 Å². The summed E-state index contributed by atoms with van der Waals surface area (Å²) < 4.78 is 5.38. The number of carbonyl (C=O) groups excluding carboxylic acids is 1. The first-order chi connectivity index (χ1) is 7.36. The van der Waals surface area contributed by atoms with E-state index in [1.807, 2.05) is 25.7 Å². The molecule has 0 radical (unpaired) electrons. The zero-order valence-electron chi connectivity index (χ0n) is 10.2. The molecule has 2 rings (SSSR count). The van der Waals surface area contributed by atoms with Gasteiger partial charge in [0.15, 0.2) is 0 Å². The lowest BCUT2D eigenvalue weighted by Gasteiger charge is -2.60. The highest BCUT2D eigenvalue weighted by Gasteiger charge is 2.56. The monoisotopic (exact) mass is 221 g/mol. The molecule has 2 aliphatic rings. The molecule has 0 aromatic carbocycles. The molecule has 88 valence electrons. The molecule has 0 bridgehead atoms. The van der Waals surface area contributed by atoms with Gasteiger partial charge >= 0.3 is 6.09 Å². The van der Waals surface area contributed by atoms with E-state index < -0.39 is 5.60 Å².